The molecule has 1 aliphatic heterocycles. The Hall–Kier alpha value is -0.510. The number of ether oxygens (including phenoxy) is 1. The summed E-state index contributed by atoms with van der Waals surface area (Å²) >= 11 is 1.83. The van der Waals surface area contributed by atoms with Crippen molar-refractivity contribution in [2.24, 2.45) is 4.99 Å². The Kier molecular flexibility index (Phi) is 11.6. The first kappa shape index (κ1) is 23.5. The third-order valence-corrected chi connectivity index (χ3v) is 4.89. The van der Waals surface area contributed by atoms with E-state index in [1.165, 1.54) is 11.1 Å². The van der Waals surface area contributed by atoms with Crippen LogP contribution in [-0.4, -0.2) is 61.8 Å². The summed E-state index contributed by atoms with van der Waals surface area (Å²) in [5, 5.41) is 6.77. The lowest BCUT2D eigenvalue weighted by Crippen LogP contribution is -2.45. The van der Waals surface area contributed by atoms with Gasteiger partial charge in [0.25, 0.3) is 0 Å². The monoisotopic (exact) mass is 492 g/mol. The van der Waals surface area contributed by atoms with Crippen LogP contribution in [0, 0.1) is 0 Å². The van der Waals surface area contributed by atoms with Gasteiger partial charge in [-0.05, 0) is 31.2 Å². The van der Waals surface area contributed by atoms with Crippen LogP contribution in [0.4, 0.5) is 0 Å². The Morgan fingerprint density at radius 3 is 2.46 bits per heavy atom. The maximum absolute atomic E-state index is 5.84. The number of benzene rings is 1. The fraction of sp³-hybridized carbons (Fsp3) is 0.632. The number of hydrogen-bond donors (Lipinski definition) is 2. The van der Waals surface area contributed by atoms with Crippen LogP contribution >= 0.6 is 35.7 Å². The van der Waals surface area contributed by atoms with Gasteiger partial charge >= 0.3 is 0 Å². The fourth-order valence-corrected chi connectivity index (χ4v) is 3.52. The van der Waals surface area contributed by atoms with Crippen molar-refractivity contribution < 1.29 is 4.74 Å². The molecule has 1 saturated heterocycles. The van der Waals surface area contributed by atoms with Gasteiger partial charge in [-0.15, -0.1) is 24.0 Å². The van der Waals surface area contributed by atoms with Crippen LogP contribution in [0.5, 0.6) is 0 Å². The molecule has 1 aromatic rings. The number of thioether (sulfide) groups is 1. The quantitative estimate of drug-likeness (QED) is 0.265. The first-order valence-electron chi connectivity index (χ1n) is 9.00. The Morgan fingerprint density at radius 1 is 1.19 bits per heavy atom. The fourth-order valence-electron chi connectivity index (χ4n) is 3.21. The van der Waals surface area contributed by atoms with Gasteiger partial charge in [0.2, 0.25) is 0 Å². The van der Waals surface area contributed by atoms with Gasteiger partial charge in [0.05, 0.1) is 12.2 Å². The number of hydrogen-bond acceptors (Lipinski definition) is 4. The predicted octanol–water partition coefficient (Wildman–Crippen LogP) is 2.94. The second-order valence-corrected chi connectivity index (χ2v) is 7.55. The lowest BCUT2D eigenvalue weighted by molar-refractivity contribution is -0.0705. The largest absolute Gasteiger partial charge is 0.373 e. The van der Waals surface area contributed by atoms with Crippen molar-refractivity contribution in [2.45, 2.75) is 39.1 Å². The molecule has 0 spiro atoms. The molecule has 2 atom stereocenters. The Labute approximate surface area is 179 Å². The van der Waals surface area contributed by atoms with Crippen LogP contribution < -0.4 is 10.6 Å². The Bertz CT molecular complexity index is 548. The zero-order chi connectivity index (χ0) is 18.1. The second kappa shape index (κ2) is 12.8. The summed E-state index contributed by atoms with van der Waals surface area (Å²) in [7, 11) is 1.82. The molecule has 26 heavy (non-hydrogen) atoms. The minimum atomic E-state index is 0. The van der Waals surface area contributed by atoms with Gasteiger partial charge in [-0.2, -0.15) is 11.8 Å². The predicted molar refractivity (Wildman–Crippen MR) is 124 cm³/mol. The van der Waals surface area contributed by atoms with E-state index in [0.717, 1.165) is 44.4 Å². The molecule has 7 heteroatoms. The molecule has 1 fully saturated rings. The van der Waals surface area contributed by atoms with Crippen LogP contribution in [0.15, 0.2) is 29.3 Å². The van der Waals surface area contributed by atoms with Crippen LogP contribution in [-0.2, 0) is 17.8 Å². The third-order valence-electron chi connectivity index (χ3n) is 4.28. The molecule has 148 valence electrons. The number of aliphatic imine (C=N–C) groups is 1. The van der Waals surface area contributed by atoms with Crippen molar-refractivity contribution in [2.75, 3.05) is 38.7 Å². The van der Waals surface area contributed by atoms with E-state index in [2.05, 4.69) is 64.9 Å². The lowest BCUT2D eigenvalue weighted by Gasteiger charge is -2.35. The van der Waals surface area contributed by atoms with Crippen LogP contribution in [0.1, 0.15) is 25.0 Å². The molecule has 0 amide bonds. The first-order valence-corrected chi connectivity index (χ1v) is 10.4. The molecule has 1 aliphatic rings. The molecule has 1 heterocycles. The second-order valence-electron chi connectivity index (χ2n) is 6.57. The zero-order valence-electron chi connectivity index (χ0n) is 16.3. The molecule has 0 aliphatic carbocycles. The molecular formula is C19H33IN4OS. The van der Waals surface area contributed by atoms with Gasteiger partial charge in [-0.3, -0.25) is 9.89 Å². The summed E-state index contributed by atoms with van der Waals surface area (Å²) in [5.41, 5.74) is 2.69. The number of nitrogens with zero attached hydrogens (tertiary/aromatic N) is 2. The van der Waals surface area contributed by atoms with Crippen molar-refractivity contribution in [3.05, 3.63) is 35.4 Å². The third kappa shape index (κ3) is 8.02. The molecule has 0 aromatic heterocycles. The summed E-state index contributed by atoms with van der Waals surface area (Å²) in [6.07, 6.45) is 2.71. The number of nitrogens with one attached hydrogen (secondary N) is 2. The average molecular weight is 492 g/mol. The maximum Gasteiger partial charge on any atom is 0.191 e. The highest BCUT2D eigenvalue weighted by Gasteiger charge is 2.22. The standard InChI is InChI=1S/C19H32N4OS.HI/c1-15-12-23(13-16(2)24-15)14-18-8-6-5-7-17(18)11-22-19(20-3)21-9-10-25-4;/h5-8,15-16H,9-14H2,1-4H3,(H2,20,21,22);1H. The smallest absolute Gasteiger partial charge is 0.191 e. The number of morpholine rings is 1. The van der Waals surface area contributed by atoms with E-state index in [1.54, 1.807) is 0 Å². The summed E-state index contributed by atoms with van der Waals surface area (Å²) in [4.78, 5) is 6.79. The molecule has 2 unspecified atom stereocenters. The topological polar surface area (TPSA) is 48.9 Å². The van der Waals surface area contributed by atoms with E-state index >= 15 is 0 Å². The van der Waals surface area contributed by atoms with Gasteiger partial charge in [0.15, 0.2) is 5.96 Å². The van der Waals surface area contributed by atoms with Crippen LogP contribution in [0.25, 0.3) is 0 Å². The first-order chi connectivity index (χ1) is 12.1. The highest BCUT2D eigenvalue weighted by molar-refractivity contribution is 14.0. The molecular weight excluding hydrogens is 459 g/mol. The van der Waals surface area contributed by atoms with Crippen molar-refractivity contribution in [3.8, 4) is 0 Å². The van der Waals surface area contributed by atoms with E-state index in [9.17, 15) is 0 Å². The summed E-state index contributed by atoms with van der Waals surface area (Å²) in [6.45, 7) is 8.96. The van der Waals surface area contributed by atoms with E-state index in [0.29, 0.717) is 12.2 Å². The van der Waals surface area contributed by atoms with Crippen LogP contribution in [0.2, 0.25) is 0 Å². The average Bonchev–Trinajstić information content (AvgIpc) is 2.58. The summed E-state index contributed by atoms with van der Waals surface area (Å²) in [5.74, 6) is 1.93. The number of halogens is 1. The maximum atomic E-state index is 5.84. The SMILES string of the molecule is CN=C(NCCSC)NCc1ccccc1CN1CC(C)OC(C)C1.I. The zero-order valence-corrected chi connectivity index (χ0v) is 19.5. The van der Waals surface area contributed by atoms with Gasteiger partial charge in [0, 0.05) is 45.5 Å². The molecule has 5 nitrogen and oxygen atoms in total. The molecule has 2 rings (SSSR count). The Balaban J connectivity index is 0.00000338. The van der Waals surface area contributed by atoms with Gasteiger partial charge in [0.1, 0.15) is 0 Å². The van der Waals surface area contributed by atoms with E-state index in [4.69, 9.17) is 4.74 Å². The van der Waals surface area contributed by atoms with Gasteiger partial charge in [-0.1, -0.05) is 24.3 Å². The minimum absolute atomic E-state index is 0. The van der Waals surface area contributed by atoms with Crippen molar-refractivity contribution in [1.82, 2.24) is 15.5 Å². The molecule has 0 radical (unpaired) electrons. The Morgan fingerprint density at radius 2 is 1.85 bits per heavy atom. The van der Waals surface area contributed by atoms with E-state index < -0.39 is 0 Å². The van der Waals surface area contributed by atoms with Gasteiger partial charge in [-0.25, -0.2) is 0 Å². The molecule has 0 bridgehead atoms. The summed E-state index contributed by atoms with van der Waals surface area (Å²) < 4.78 is 5.84. The lowest BCUT2D eigenvalue weighted by atomic mass is 10.1. The number of guanidine groups is 1. The highest BCUT2D eigenvalue weighted by atomic mass is 127. The molecule has 2 N–H and O–H groups in total. The van der Waals surface area contributed by atoms with E-state index in [-0.39, 0.29) is 24.0 Å². The van der Waals surface area contributed by atoms with Crippen molar-refractivity contribution >= 4 is 41.7 Å². The van der Waals surface area contributed by atoms with Crippen LogP contribution in [0.3, 0.4) is 0 Å². The summed E-state index contributed by atoms with van der Waals surface area (Å²) in [6, 6.07) is 8.66. The van der Waals surface area contributed by atoms with Crippen molar-refractivity contribution in [3.63, 3.8) is 0 Å². The minimum Gasteiger partial charge on any atom is -0.373 e. The van der Waals surface area contributed by atoms with E-state index in [1.807, 2.05) is 18.8 Å². The highest BCUT2D eigenvalue weighted by Crippen LogP contribution is 2.17. The normalized spacial score (nSPS) is 21.2. The molecule has 0 saturated carbocycles. The van der Waals surface area contributed by atoms with Gasteiger partial charge < -0.3 is 15.4 Å². The molecule has 1 aromatic carbocycles. The number of rotatable bonds is 7. The van der Waals surface area contributed by atoms with Crippen molar-refractivity contribution in [1.29, 1.82) is 0 Å².